The van der Waals surface area contributed by atoms with Crippen LogP contribution in [-0.4, -0.2) is 23.4 Å². The van der Waals surface area contributed by atoms with Gasteiger partial charge in [0.05, 0.1) is 11.2 Å². The predicted octanol–water partition coefficient (Wildman–Crippen LogP) is 2.89. The van der Waals surface area contributed by atoms with Crippen LogP contribution in [0.5, 0.6) is 0 Å². The van der Waals surface area contributed by atoms with E-state index in [1.807, 2.05) is 0 Å². The Labute approximate surface area is 87.7 Å². The maximum Gasteiger partial charge on any atom is 0.0648 e. The van der Waals surface area contributed by atoms with Gasteiger partial charge in [-0.15, -0.1) is 0 Å². The van der Waals surface area contributed by atoms with Crippen molar-refractivity contribution in [2.45, 2.75) is 70.0 Å². The van der Waals surface area contributed by atoms with Crippen molar-refractivity contribution in [3.63, 3.8) is 0 Å². The Morgan fingerprint density at radius 3 is 2.29 bits per heavy atom. The summed E-state index contributed by atoms with van der Waals surface area (Å²) in [5.41, 5.74) is -0.485. The zero-order valence-corrected chi connectivity index (χ0v) is 9.81. The average Bonchev–Trinajstić information content (AvgIpc) is 2.17. The number of ether oxygens (including phenoxy) is 1. The summed E-state index contributed by atoms with van der Waals surface area (Å²) in [6, 6.07) is 0. The topological polar surface area (TPSA) is 29.5 Å². The summed E-state index contributed by atoms with van der Waals surface area (Å²) in [4.78, 5) is 0. The number of aliphatic hydroxyl groups is 1. The summed E-state index contributed by atoms with van der Waals surface area (Å²) in [7, 11) is 1.74. The van der Waals surface area contributed by atoms with E-state index in [9.17, 15) is 5.11 Å². The Hall–Kier alpha value is -0.0800. The van der Waals surface area contributed by atoms with Gasteiger partial charge >= 0.3 is 0 Å². The molecule has 0 aromatic rings. The predicted molar refractivity (Wildman–Crippen MR) is 58.4 cm³/mol. The molecule has 0 amide bonds. The fourth-order valence-electron chi connectivity index (χ4n) is 2.10. The molecule has 84 valence electrons. The highest BCUT2D eigenvalue weighted by atomic mass is 16.5. The summed E-state index contributed by atoms with van der Waals surface area (Å²) >= 11 is 0. The minimum atomic E-state index is -0.395. The molecule has 1 fully saturated rings. The van der Waals surface area contributed by atoms with E-state index in [0.717, 1.165) is 25.7 Å². The molecule has 0 spiro atoms. The second-order valence-corrected chi connectivity index (χ2v) is 5.25. The minimum Gasteiger partial charge on any atom is -0.390 e. The highest BCUT2D eigenvalue weighted by Crippen LogP contribution is 2.33. The van der Waals surface area contributed by atoms with Gasteiger partial charge < -0.3 is 9.84 Å². The van der Waals surface area contributed by atoms with Crippen molar-refractivity contribution < 1.29 is 9.84 Å². The lowest BCUT2D eigenvalue weighted by atomic mass is 9.80. The lowest BCUT2D eigenvalue weighted by molar-refractivity contribution is -0.0424. The van der Waals surface area contributed by atoms with Gasteiger partial charge in [-0.25, -0.2) is 0 Å². The smallest absolute Gasteiger partial charge is 0.0648 e. The van der Waals surface area contributed by atoms with Crippen molar-refractivity contribution in [1.29, 1.82) is 0 Å². The molecule has 0 radical (unpaired) electrons. The van der Waals surface area contributed by atoms with Crippen LogP contribution in [0, 0.1) is 0 Å². The molecule has 0 heterocycles. The first-order valence-electron chi connectivity index (χ1n) is 5.75. The average molecular weight is 200 g/mol. The monoisotopic (exact) mass is 200 g/mol. The van der Waals surface area contributed by atoms with Gasteiger partial charge in [-0.2, -0.15) is 0 Å². The van der Waals surface area contributed by atoms with E-state index >= 15 is 0 Å². The van der Waals surface area contributed by atoms with Crippen LogP contribution in [0.2, 0.25) is 0 Å². The molecule has 0 aliphatic heterocycles. The fraction of sp³-hybridized carbons (Fsp3) is 1.00. The van der Waals surface area contributed by atoms with E-state index in [2.05, 4.69) is 13.8 Å². The first-order chi connectivity index (χ1) is 6.47. The van der Waals surface area contributed by atoms with Crippen LogP contribution in [0.3, 0.4) is 0 Å². The minimum absolute atomic E-state index is 0.0901. The van der Waals surface area contributed by atoms with Gasteiger partial charge in [0.15, 0.2) is 0 Å². The van der Waals surface area contributed by atoms with Crippen LogP contribution in [0.15, 0.2) is 0 Å². The fourth-order valence-corrected chi connectivity index (χ4v) is 2.10. The second-order valence-electron chi connectivity index (χ2n) is 5.25. The first-order valence-corrected chi connectivity index (χ1v) is 5.75. The van der Waals surface area contributed by atoms with Crippen molar-refractivity contribution >= 4 is 0 Å². The zero-order chi connectivity index (χ0) is 10.7. The molecule has 0 aromatic carbocycles. The van der Waals surface area contributed by atoms with Crippen LogP contribution >= 0.6 is 0 Å². The molecular formula is C12H24O2. The van der Waals surface area contributed by atoms with Gasteiger partial charge in [0.25, 0.3) is 0 Å². The van der Waals surface area contributed by atoms with Crippen molar-refractivity contribution in [3.8, 4) is 0 Å². The third-order valence-electron chi connectivity index (χ3n) is 3.53. The highest BCUT2D eigenvalue weighted by Gasteiger charge is 2.31. The quantitative estimate of drug-likeness (QED) is 0.756. The molecule has 0 unspecified atom stereocenters. The molecule has 2 heteroatoms. The molecular weight excluding hydrogens is 176 g/mol. The summed E-state index contributed by atoms with van der Waals surface area (Å²) in [6.45, 7) is 4.17. The lowest BCUT2D eigenvalue weighted by Gasteiger charge is -2.35. The van der Waals surface area contributed by atoms with E-state index in [1.54, 1.807) is 7.11 Å². The van der Waals surface area contributed by atoms with Gasteiger partial charge in [0.2, 0.25) is 0 Å². The third kappa shape index (κ3) is 3.58. The van der Waals surface area contributed by atoms with Gasteiger partial charge in [-0.3, -0.25) is 0 Å². The molecule has 1 aliphatic rings. The van der Waals surface area contributed by atoms with E-state index < -0.39 is 5.60 Å². The van der Waals surface area contributed by atoms with Crippen LogP contribution in [0.25, 0.3) is 0 Å². The van der Waals surface area contributed by atoms with E-state index in [-0.39, 0.29) is 5.60 Å². The number of hydrogen-bond acceptors (Lipinski definition) is 2. The SMILES string of the molecule is COC(C)(C)CCC1(O)CCCCC1. The van der Waals surface area contributed by atoms with Crippen LogP contribution in [0.4, 0.5) is 0 Å². The van der Waals surface area contributed by atoms with Crippen LogP contribution in [0.1, 0.15) is 58.8 Å². The van der Waals surface area contributed by atoms with Crippen molar-refractivity contribution in [1.82, 2.24) is 0 Å². The third-order valence-corrected chi connectivity index (χ3v) is 3.53. The van der Waals surface area contributed by atoms with Gasteiger partial charge in [0, 0.05) is 7.11 Å². The van der Waals surface area contributed by atoms with Crippen molar-refractivity contribution in [2.24, 2.45) is 0 Å². The summed E-state index contributed by atoms with van der Waals surface area (Å²) < 4.78 is 5.36. The highest BCUT2D eigenvalue weighted by molar-refractivity contribution is 4.84. The van der Waals surface area contributed by atoms with Crippen molar-refractivity contribution in [2.75, 3.05) is 7.11 Å². The standard InChI is InChI=1S/C12H24O2/c1-11(2,14-3)9-10-12(13)7-5-4-6-8-12/h13H,4-10H2,1-3H3. The van der Waals surface area contributed by atoms with E-state index in [4.69, 9.17) is 4.74 Å². The van der Waals surface area contributed by atoms with Crippen LogP contribution in [-0.2, 0) is 4.74 Å². The Bertz CT molecular complexity index is 169. The molecule has 0 aromatic heterocycles. The molecule has 1 rings (SSSR count). The summed E-state index contributed by atoms with van der Waals surface area (Å²) in [5.74, 6) is 0. The molecule has 1 saturated carbocycles. The molecule has 2 nitrogen and oxygen atoms in total. The normalized spacial score (nSPS) is 22.3. The summed E-state index contributed by atoms with van der Waals surface area (Å²) in [5, 5.41) is 10.3. The molecule has 0 bridgehead atoms. The Kier molecular flexibility index (Phi) is 3.96. The summed E-state index contributed by atoms with van der Waals surface area (Å²) in [6.07, 6.45) is 7.44. The molecule has 1 aliphatic carbocycles. The maximum absolute atomic E-state index is 10.3. The van der Waals surface area contributed by atoms with Crippen LogP contribution < -0.4 is 0 Å². The molecule has 0 atom stereocenters. The van der Waals surface area contributed by atoms with Gasteiger partial charge in [-0.05, 0) is 39.5 Å². The number of rotatable bonds is 4. The maximum atomic E-state index is 10.3. The second kappa shape index (κ2) is 4.63. The van der Waals surface area contributed by atoms with E-state index in [1.165, 1.54) is 19.3 Å². The number of hydrogen-bond donors (Lipinski definition) is 1. The molecule has 0 saturated heterocycles. The largest absolute Gasteiger partial charge is 0.390 e. The Morgan fingerprint density at radius 2 is 1.79 bits per heavy atom. The van der Waals surface area contributed by atoms with Gasteiger partial charge in [-0.1, -0.05) is 19.3 Å². The first kappa shape index (κ1) is 12.0. The molecule has 1 N–H and O–H groups in total. The Balaban J connectivity index is 2.35. The van der Waals surface area contributed by atoms with E-state index in [0.29, 0.717) is 0 Å². The Morgan fingerprint density at radius 1 is 1.21 bits per heavy atom. The molecule has 14 heavy (non-hydrogen) atoms. The lowest BCUT2D eigenvalue weighted by Crippen LogP contribution is -2.34. The van der Waals surface area contributed by atoms with Crippen molar-refractivity contribution in [3.05, 3.63) is 0 Å². The zero-order valence-electron chi connectivity index (χ0n) is 9.81. The number of methoxy groups -OCH3 is 1. The van der Waals surface area contributed by atoms with Gasteiger partial charge in [0.1, 0.15) is 0 Å².